The molecule has 2 heterocycles. The smallest absolute Gasteiger partial charge is 0.187 e. The maximum atomic E-state index is 7.51. The summed E-state index contributed by atoms with van der Waals surface area (Å²) in [5.74, 6) is 2.97. The summed E-state index contributed by atoms with van der Waals surface area (Å²) in [6.07, 6.45) is -4.47. The standard InChI is InChI=1S/C70H66O10/c1-50-66(75-47-55-31-17-6-18-32-55)68(76-48-56-33-19-7-20-34-56)69(77-49-57-35-21-8-22-36-57)70(78-50)80-65-42-60-62(73-45-53-27-13-4-14-28-53)40-59(71-43-51-23-9-2-10-24-51)41-63(60)79-67(65)58-37-38-61(72-44-52-25-11-3-12-26-52)64(39-58)74-46-54-29-15-5-16-30-54/h2-41,50,65-70H,42-49H2,1H3/t50?,65-,66+,67+,68-,69?,70-/m0/s1. The average molecular weight is 1070 g/mol. The van der Waals surface area contributed by atoms with Crippen molar-refractivity contribution in [1.82, 2.24) is 0 Å². The number of rotatable bonds is 24. The molecule has 0 bridgehead atoms. The normalized spacial score (nSPS) is 19.5. The highest BCUT2D eigenvalue weighted by molar-refractivity contribution is 5.54. The van der Waals surface area contributed by atoms with Gasteiger partial charge < -0.3 is 47.4 Å². The molecule has 0 amide bonds. The molecule has 2 aliphatic rings. The second-order valence-corrected chi connectivity index (χ2v) is 20.1. The van der Waals surface area contributed by atoms with Gasteiger partial charge in [-0.1, -0.05) is 218 Å². The van der Waals surface area contributed by atoms with Crippen molar-refractivity contribution in [3.63, 3.8) is 0 Å². The first-order valence-corrected chi connectivity index (χ1v) is 27.5. The number of fused-ring (bicyclic) bond motifs is 1. The highest BCUT2D eigenvalue weighted by Crippen LogP contribution is 2.46. The molecule has 9 aromatic carbocycles. The Morgan fingerprint density at radius 3 is 1.25 bits per heavy atom. The van der Waals surface area contributed by atoms with Gasteiger partial charge in [0.1, 0.15) is 68.1 Å². The lowest BCUT2D eigenvalue weighted by molar-refractivity contribution is -0.333. The van der Waals surface area contributed by atoms with Gasteiger partial charge in [0.25, 0.3) is 0 Å². The van der Waals surface area contributed by atoms with E-state index in [-0.39, 0.29) is 6.61 Å². The van der Waals surface area contributed by atoms with Gasteiger partial charge in [-0.25, -0.2) is 0 Å². The minimum Gasteiger partial charge on any atom is -0.489 e. The SMILES string of the molecule is CC1O[C@@H](O[C@H]2Cc3c(OCc4ccccc4)cc(OCc4ccccc4)cc3O[C@@H]2c2ccc(OCc3ccccc3)c(OCc3ccccc3)c2)C(OCc2ccccc2)[C@@H](OCc2ccccc2)[C@@H]1OCc1ccccc1. The maximum Gasteiger partial charge on any atom is 0.187 e. The van der Waals surface area contributed by atoms with Gasteiger partial charge in [0.15, 0.2) is 23.9 Å². The van der Waals surface area contributed by atoms with E-state index in [2.05, 4.69) is 36.4 Å². The van der Waals surface area contributed by atoms with Crippen molar-refractivity contribution in [3.8, 4) is 28.7 Å². The van der Waals surface area contributed by atoms with Gasteiger partial charge >= 0.3 is 0 Å². The Morgan fingerprint density at radius 2 is 0.775 bits per heavy atom. The van der Waals surface area contributed by atoms with E-state index in [0.29, 0.717) is 74.8 Å². The summed E-state index contributed by atoms with van der Waals surface area (Å²) in [7, 11) is 0. The molecular formula is C70H66O10. The van der Waals surface area contributed by atoms with E-state index in [4.69, 9.17) is 47.4 Å². The van der Waals surface area contributed by atoms with Crippen molar-refractivity contribution < 1.29 is 47.4 Å². The van der Waals surface area contributed by atoms with Crippen molar-refractivity contribution in [2.24, 2.45) is 0 Å². The molecule has 1 fully saturated rings. The first kappa shape index (κ1) is 53.8. The Balaban J connectivity index is 0.986. The van der Waals surface area contributed by atoms with Crippen molar-refractivity contribution in [3.05, 3.63) is 293 Å². The van der Waals surface area contributed by atoms with Crippen molar-refractivity contribution in [2.45, 2.75) is 103 Å². The number of hydrogen-bond acceptors (Lipinski definition) is 10. The predicted molar refractivity (Wildman–Crippen MR) is 307 cm³/mol. The van der Waals surface area contributed by atoms with E-state index in [1.807, 2.05) is 213 Å². The van der Waals surface area contributed by atoms with Crippen LogP contribution in [0.4, 0.5) is 0 Å². The molecule has 2 unspecified atom stereocenters. The molecule has 1 saturated heterocycles. The van der Waals surface area contributed by atoms with E-state index in [1.165, 1.54) is 0 Å². The molecule has 7 atom stereocenters. The van der Waals surface area contributed by atoms with Crippen LogP contribution in [-0.4, -0.2) is 36.8 Å². The van der Waals surface area contributed by atoms with Gasteiger partial charge in [0.05, 0.1) is 25.9 Å². The van der Waals surface area contributed by atoms with Crippen LogP contribution >= 0.6 is 0 Å². The first-order chi connectivity index (χ1) is 39.5. The molecule has 80 heavy (non-hydrogen) atoms. The molecular weight excluding hydrogens is 1000 g/mol. The summed E-state index contributed by atoms with van der Waals surface area (Å²) in [4.78, 5) is 0. The van der Waals surface area contributed by atoms with Gasteiger partial charge in [-0.15, -0.1) is 0 Å². The molecule has 0 radical (unpaired) electrons. The second kappa shape index (κ2) is 27.1. The fourth-order valence-corrected chi connectivity index (χ4v) is 10.1. The van der Waals surface area contributed by atoms with Gasteiger partial charge in [-0.3, -0.25) is 0 Å². The molecule has 0 N–H and O–H groups in total. The molecule has 0 saturated carbocycles. The summed E-state index contributed by atoms with van der Waals surface area (Å²) in [6.45, 7) is 4.28. The van der Waals surface area contributed by atoms with Crippen LogP contribution in [-0.2, 0) is 76.4 Å². The molecule has 0 spiro atoms. The van der Waals surface area contributed by atoms with Crippen LogP contribution in [0.25, 0.3) is 0 Å². The lowest BCUT2D eigenvalue weighted by atomic mass is 9.92. The van der Waals surface area contributed by atoms with Crippen LogP contribution < -0.4 is 23.7 Å². The van der Waals surface area contributed by atoms with E-state index in [1.54, 1.807) is 0 Å². The Bertz CT molecular complexity index is 3280. The quantitative estimate of drug-likeness (QED) is 0.0582. The summed E-state index contributed by atoms with van der Waals surface area (Å²) in [5, 5.41) is 0. The lowest BCUT2D eigenvalue weighted by Gasteiger charge is -2.47. The van der Waals surface area contributed by atoms with Gasteiger partial charge in [0.2, 0.25) is 0 Å². The fourth-order valence-electron chi connectivity index (χ4n) is 10.1. The molecule has 10 heteroatoms. The van der Waals surface area contributed by atoms with Crippen LogP contribution in [0.2, 0.25) is 0 Å². The summed E-state index contributed by atoms with van der Waals surface area (Å²) in [6, 6.07) is 80.7. The van der Waals surface area contributed by atoms with E-state index in [9.17, 15) is 0 Å². The minimum atomic E-state index is -0.965. The Labute approximate surface area is 469 Å². The molecule has 2 aliphatic heterocycles. The van der Waals surface area contributed by atoms with Crippen LogP contribution in [0.1, 0.15) is 63.1 Å². The first-order valence-electron chi connectivity index (χ1n) is 27.5. The van der Waals surface area contributed by atoms with Gasteiger partial charge in [0, 0.05) is 24.1 Å². The highest BCUT2D eigenvalue weighted by atomic mass is 16.7. The molecule has 11 rings (SSSR count). The molecule has 0 aromatic heterocycles. The third-order valence-electron chi connectivity index (χ3n) is 14.3. The monoisotopic (exact) mass is 1070 g/mol. The third kappa shape index (κ3) is 14.3. The summed E-state index contributed by atoms with van der Waals surface area (Å²) in [5.41, 5.74) is 8.76. The van der Waals surface area contributed by atoms with E-state index >= 15 is 0 Å². The topological polar surface area (TPSA) is 92.3 Å². The second-order valence-electron chi connectivity index (χ2n) is 20.1. The van der Waals surface area contributed by atoms with Crippen LogP contribution in [0.15, 0.2) is 243 Å². The van der Waals surface area contributed by atoms with Crippen LogP contribution in [0, 0.1) is 0 Å². The molecule has 9 aromatic rings. The largest absolute Gasteiger partial charge is 0.489 e. The predicted octanol–water partition coefficient (Wildman–Crippen LogP) is 14.6. The van der Waals surface area contributed by atoms with Crippen molar-refractivity contribution in [2.75, 3.05) is 0 Å². The Hall–Kier alpha value is -8.22. The molecule has 0 aliphatic carbocycles. The number of benzene rings is 9. The summed E-state index contributed by atoms with van der Waals surface area (Å²) >= 11 is 0. The third-order valence-corrected chi connectivity index (χ3v) is 14.3. The maximum absolute atomic E-state index is 7.51. The molecule has 406 valence electrons. The van der Waals surface area contributed by atoms with Crippen LogP contribution in [0.3, 0.4) is 0 Å². The number of ether oxygens (including phenoxy) is 10. The molecule has 10 nitrogen and oxygen atoms in total. The lowest BCUT2D eigenvalue weighted by Crippen LogP contribution is -2.61. The zero-order chi connectivity index (χ0) is 54.1. The Kier molecular flexibility index (Phi) is 18.2. The summed E-state index contributed by atoms with van der Waals surface area (Å²) < 4.78 is 69.4. The van der Waals surface area contributed by atoms with Crippen molar-refractivity contribution >= 4 is 0 Å². The highest BCUT2D eigenvalue weighted by Gasteiger charge is 2.50. The van der Waals surface area contributed by atoms with E-state index < -0.39 is 42.9 Å². The van der Waals surface area contributed by atoms with Gasteiger partial charge in [-0.2, -0.15) is 0 Å². The van der Waals surface area contributed by atoms with Gasteiger partial charge in [-0.05, 0) is 63.6 Å². The number of hydrogen-bond donors (Lipinski definition) is 0. The zero-order valence-electron chi connectivity index (χ0n) is 44.9. The average Bonchev–Trinajstić information content (AvgIpc) is 3.54. The Morgan fingerprint density at radius 1 is 0.375 bits per heavy atom. The van der Waals surface area contributed by atoms with E-state index in [0.717, 1.165) is 50.1 Å². The fraction of sp³-hybridized carbons (Fsp3) is 0.229. The van der Waals surface area contributed by atoms with Crippen molar-refractivity contribution in [1.29, 1.82) is 0 Å². The van der Waals surface area contributed by atoms with Crippen LogP contribution in [0.5, 0.6) is 28.7 Å². The minimum absolute atomic E-state index is 0.267. The zero-order valence-corrected chi connectivity index (χ0v) is 44.9.